The highest BCUT2D eigenvalue weighted by Crippen LogP contribution is 2.56. The minimum atomic E-state index is -1.92. The molecule has 414 valence electrons. The van der Waals surface area contributed by atoms with Crippen molar-refractivity contribution in [1.29, 1.82) is 0 Å². The van der Waals surface area contributed by atoms with Crippen LogP contribution in [0.15, 0.2) is 161 Å². The first-order valence-electron chi connectivity index (χ1n) is 30.4. The smallest absolute Gasteiger partial charge is 0.175 e. The first-order chi connectivity index (χ1) is 37.5. The third-order valence-corrected chi connectivity index (χ3v) is 24.8. The predicted octanol–water partition coefficient (Wildman–Crippen LogP) is 20.4. The molecule has 78 heavy (non-hydrogen) atoms. The molecule has 0 N–H and O–H groups in total. The van der Waals surface area contributed by atoms with Gasteiger partial charge in [0, 0.05) is 43.1 Å². The largest absolute Gasteiger partial charge is 0.455 e. The van der Waals surface area contributed by atoms with Gasteiger partial charge in [-0.2, -0.15) is 0 Å². The van der Waals surface area contributed by atoms with Crippen molar-refractivity contribution >= 4 is 41.0 Å². The number of hydrogen-bond donors (Lipinski definition) is 0. The van der Waals surface area contributed by atoms with Crippen molar-refractivity contribution < 1.29 is 4.12 Å². The number of fused-ring (bicyclic) bond motifs is 3. The SMILES string of the molecule is CCCCCCC(C)(C)c1ccc(C2(c3ccc(N=Cc4ccc(C(C)(CCCCC)C(C=NCC[Si](C)(C)O[Si](C)(C)CCN=Cc5ccc(C(C)CCC)cc5)CC)cc4)cc3)c3ccccc3-c3ccccc32)cc1. The van der Waals surface area contributed by atoms with Gasteiger partial charge in [0.2, 0.25) is 0 Å². The molecule has 1 aliphatic rings. The zero-order valence-electron chi connectivity index (χ0n) is 50.3. The van der Waals surface area contributed by atoms with E-state index >= 15 is 0 Å². The lowest BCUT2D eigenvalue weighted by Gasteiger charge is -2.37. The van der Waals surface area contributed by atoms with Crippen molar-refractivity contribution in [2.24, 2.45) is 20.9 Å². The van der Waals surface area contributed by atoms with Gasteiger partial charge in [-0.3, -0.25) is 15.0 Å². The lowest BCUT2D eigenvalue weighted by atomic mass is 9.67. The predicted molar refractivity (Wildman–Crippen MR) is 346 cm³/mol. The van der Waals surface area contributed by atoms with Crippen LogP contribution in [0.3, 0.4) is 0 Å². The molecule has 0 heterocycles. The molecule has 0 fully saturated rings. The van der Waals surface area contributed by atoms with Crippen LogP contribution in [0.2, 0.25) is 38.3 Å². The molecule has 0 spiro atoms. The van der Waals surface area contributed by atoms with E-state index in [9.17, 15) is 0 Å². The maximum atomic E-state index is 7.05. The van der Waals surface area contributed by atoms with Crippen LogP contribution >= 0.6 is 0 Å². The number of aliphatic imine (C=N–C) groups is 3. The molecule has 0 radical (unpaired) electrons. The molecule has 6 aromatic carbocycles. The molecule has 7 rings (SSSR count). The number of nitrogens with zero attached hydrogens (tertiary/aromatic N) is 3. The zero-order chi connectivity index (χ0) is 55.8. The van der Waals surface area contributed by atoms with E-state index in [1.807, 2.05) is 12.4 Å². The Morgan fingerprint density at radius 2 is 1.05 bits per heavy atom. The van der Waals surface area contributed by atoms with E-state index in [0.29, 0.717) is 11.8 Å². The summed E-state index contributed by atoms with van der Waals surface area (Å²) in [4.78, 5) is 15.1. The molecule has 6 heteroatoms. The highest BCUT2D eigenvalue weighted by Gasteiger charge is 2.46. The third kappa shape index (κ3) is 14.9. The molecule has 0 aliphatic heterocycles. The molecule has 0 aromatic heterocycles. The van der Waals surface area contributed by atoms with Crippen molar-refractivity contribution in [2.45, 2.75) is 193 Å². The Kier molecular flexibility index (Phi) is 21.5. The molecular formula is C72H97N3OSi2. The minimum absolute atomic E-state index is 0.0223. The average Bonchev–Trinajstić information content (AvgIpc) is 3.99. The summed E-state index contributed by atoms with van der Waals surface area (Å²) in [7, 11) is -3.81. The van der Waals surface area contributed by atoms with Crippen LogP contribution in [0.25, 0.3) is 11.1 Å². The van der Waals surface area contributed by atoms with Gasteiger partial charge in [0.05, 0.1) is 11.1 Å². The van der Waals surface area contributed by atoms with E-state index in [-0.39, 0.29) is 10.8 Å². The van der Waals surface area contributed by atoms with Crippen molar-refractivity contribution in [3.63, 3.8) is 0 Å². The lowest BCUT2D eigenvalue weighted by molar-refractivity contribution is 0.326. The summed E-state index contributed by atoms with van der Waals surface area (Å²) < 4.78 is 7.05. The van der Waals surface area contributed by atoms with E-state index in [4.69, 9.17) is 19.1 Å². The van der Waals surface area contributed by atoms with Gasteiger partial charge in [-0.25, -0.2) is 0 Å². The molecule has 3 atom stereocenters. The van der Waals surface area contributed by atoms with Crippen LogP contribution < -0.4 is 0 Å². The second-order valence-corrected chi connectivity index (χ2v) is 33.9. The van der Waals surface area contributed by atoms with Crippen LogP contribution in [0.1, 0.15) is 188 Å². The fraction of sp³-hybridized carbons (Fsp3) is 0.458. The number of benzene rings is 6. The highest BCUT2D eigenvalue weighted by atomic mass is 28.4. The van der Waals surface area contributed by atoms with E-state index in [1.165, 1.54) is 120 Å². The Balaban J connectivity index is 1.02. The van der Waals surface area contributed by atoms with Gasteiger partial charge in [-0.15, -0.1) is 0 Å². The topological polar surface area (TPSA) is 46.3 Å². The van der Waals surface area contributed by atoms with Gasteiger partial charge in [-0.05, 0) is 149 Å². The van der Waals surface area contributed by atoms with Crippen LogP contribution in [0.5, 0.6) is 0 Å². The molecule has 0 saturated carbocycles. The van der Waals surface area contributed by atoms with Gasteiger partial charge in [0.25, 0.3) is 0 Å². The summed E-state index contributed by atoms with van der Waals surface area (Å²) in [6, 6.07) is 57.0. The van der Waals surface area contributed by atoms with Crippen molar-refractivity contribution in [1.82, 2.24) is 0 Å². The van der Waals surface area contributed by atoms with E-state index in [2.05, 4.69) is 233 Å². The normalized spacial score (nSPS) is 15.2. The van der Waals surface area contributed by atoms with Crippen molar-refractivity contribution in [3.8, 4) is 11.1 Å². The summed E-state index contributed by atoms with van der Waals surface area (Å²) in [6.07, 6.45) is 21.0. The lowest BCUT2D eigenvalue weighted by Crippen LogP contribution is -2.45. The second-order valence-electron chi connectivity index (χ2n) is 25.0. The number of unbranched alkanes of at least 4 members (excludes halogenated alkanes) is 5. The fourth-order valence-corrected chi connectivity index (χ4v) is 20.8. The molecule has 1 aliphatic carbocycles. The standard InChI is InChI=1S/C72H97N3OSi2/c1-13-17-19-25-47-70(6,7)61-39-41-63(42-40-61)72(68-29-22-20-27-66(68)67-28-21-23-30-69(67)72)64-43-45-65(46-44-64)75-54-58-33-37-62(38-34-58)71(8,48-24-18-14-2)60(16-4)55-74-50-52-78(11,12)76-77(9,10)51-49-73-53-57-31-35-59(36-32-57)56(5)26-15-3/h20-23,27-46,53-56,60H,13-19,24-26,47-52H2,1-12H3. The Morgan fingerprint density at radius 1 is 0.538 bits per heavy atom. The van der Waals surface area contributed by atoms with Gasteiger partial charge in [0.1, 0.15) is 0 Å². The van der Waals surface area contributed by atoms with E-state index < -0.39 is 22.0 Å². The summed E-state index contributed by atoms with van der Waals surface area (Å²) in [5.41, 5.74) is 15.0. The van der Waals surface area contributed by atoms with E-state index in [1.54, 1.807) is 0 Å². The minimum Gasteiger partial charge on any atom is -0.455 e. The second kappa shape index (κ2) is 27.7. The fourth-order valence-electron chi connectivity index (χ4n) is 12.6. The molecule has 0 amide bonds. The molecule has 4 nitrogen and oxygen atoms in total. The maximum absolute atomic E-state index is 7.05. The number of hydrogen-bond acceptors (Lipinski definition) is 4. The van der Waals surface area contributed by atoms with Gasteiger partial charge in [-0.1, -0.05) is 240 Å². The third-order valence-electron chi connectivity index (χ3n) is 17.5. The van der Waals surface area contributed by atoms with Gasteiger partial charge < -0.3 is 4.12 Å². The quantitative estimate of drug-likeness (QED) is 0.0251. The maximum Gasteiger partial charge on any atom is 0.175 e. The van der Waals surface area contributed by atoms with E-state index in [0.717, 1.165) is 49.3 Å². The number of rotatable bonds is 30. The van der Waals surface area contributed by atoms with Crippen LogP contribution in [0.4, 0.5) is 5.69 Å². The Morgan fingerprint density at radius 3 is 1.63 bits per heavy atom. The Hall–Kier alpha value is -5.28. The van der Waals surface area contributed by atoms with Crippen molar-refractivity contribution in [3.05, 3.63) is 196 Å². The Bertz CT molecular complexity index is 2830. The van der Waals surface area contributed by atoms with Gasteiger partial charge in [0.15, 0.2) is 16.6 Å². The summed E-state index contributed by atoms with van der Waals surface area (Å²) in [5.74, 6) is 0.944. The first kappa shape index (κ1) is 60.4. The molecule has 6 aromatic rings. The molecular weight excluding hydrogens is 979 g/mol. The Labute approximate surface area is 476 Å². The van der Waals surface area contributed by atoms with Crippen LogP contribution in [-0.2, 0) is 20.4 Å². The summed E-state index contributed by atoms with van der Waals surface area (Å²) in [5, 5.41) is 0. The first-order valence-corrected chi connectivity index (χ1v) is 36.6. The zero-order valence-corrected chi connectivity index (χ0v) is 52.3. The molecule has 0 bridgehead atoms. The van der Waals surface area contributed by atoms with Crippen LogP contribution in [-0.4, -0.2) is 48.4 Å². The summed E-state index contributed by atoms with van der Waals surface area (Å²) in [6.45, 7) is 30.0. The highest BCUT2D eigenvalue weighted by molar-refractivity contribution is 6.84. The van der Waals surface area contributed by atoms with Crippen molar-refractivity contribution in [2.75, 3.05) is 13.1 Å². The molecule has 3 unspecified atom stereocenters. The van der Waals surface area contributed by atoms with Gasteiger partial charge >= 0.3 is 0 Å². The van der Waals surface area contributed by atoms with Crippen LogP contribution in [0, 0.1) is 5.92 Å². The molecule has 0 saturated heterocycles. The average molecular weight is 1080 g/mol. The monoisotopic (exact) mass is 1080 g/mol. The summed E-state index contributed by atoms with van der Waals surface area (Å²) >= 11 is 0.